The van der Waals surface area contributed by atoms with Gasteiger partial charge in [0.05, 0.1) is 17.1 Å². The molecule has 24 heteroatoms. The molecule has 2 aromatic heterocycles. The lowest BCUT2D eigenvalue weighted by Gasteiger charge is -2.39. The number of carbonyl (C=O) groups excluding carboxylic acids is 9. The van der Waals surface area contributed by atoms with Crippen molar-refractivity contribution in [3.05, 3.63) is 142 Å². The highest BCUT2D eigenvalue weighted by Gasteiger charge is 2.46. The highest BCUT2D eigenvalue weighted by molar-refractivity contribution is 7.70. The number of fused-ring (bicyclic) bond motifs is 3. The highest BCUT2D eigenvalue weighted by Crippen LogP contribution is 2.39. The van der Waals surface area contributed by atoms with Gasteiger partial charge in [0.25, 0.3) is 11.4 Å². The van der Waals surface area contributed by atoms with Crippen LogP contribution in [0.15, 0.2) is 108 Å². The zero-order chi connectivity index (χ0) is 58.4. The molecule has 82 heavy (non-hydrogen) atoms. The largest absolute Gasteiger partial charge is 0.396 e. The molecule has 0 saturated carbocycles. The van der Waals surface area contributed by atoms with Gasteiger partial charge in [-0.05, 0) is 104 Å². The van der Waals surface area contributed by atoms with Gasteiger partial charge in [-0.25, -0.2) is 4.79 Å². The Labute approximate surface area is 470 Å². The molecule has 0 aliphatic carbocycles. The molecule has 0 spiro atoms. The number of benzene rings is 4. The second-order valence-corrected chi connectivity index (χ2v) is 22.7. The Morgan fingerprint density at radius 1 is 0.780 bits per heavy atom. The number of H-pyrrole nitrogens is 1. The minimum Gasteiger partial charge on any atom is -0.370 e. The fourth-order valence-corrected chi connectivity index (χ4v) is 11.9. The SMILES string of the molecule is Cn1c(=O)n(C2CCC(=O)NC2=O)c2ccc(CCCCCCC(=O)N3CC[C@H]4CC[C@@H](C(=O)N[C@@H](CCC(N)=O)C(=O)NC(c5ccccc5)c5ccccc5)N4C(=O)[C@@H](NC(=O)c4cc5cc(C(=O)P(=O)(O)O)ccc5[nH]4)C3)cc21. The number of imidazole rings is 1. The summed E-state index contributed by atoms with van der Waals surface area (Å²) in [6.45, 7) is -0.0839. The molecule has 9 N–H and O–H groups in total. The number of carbonyl (C=O) groups is 9. The van der Waals surface area contributed by atoms with Crippen LogP contribution >= 0.6 is 7.60 Å². The number of amides is 8. The first kappa shape index (κ1) is 58.1. The molecule has 3 saturated heterocycles. The minimum atomic E-state index is -5.13. The quantitative estimate of drug-likeness (QED) is 0.0290. The lowest BCUT2D eigenvalue weighted by Crippen LogP contribution is -2.62. The summed E-state index contributed by atoms with van der Waals surface area (Å²) in [6, 6.07) is 23.5. The van der Waals surface area contributed by atoms with Gasteiger partial charge in [-0.2, -0.15) is 0 Å². The van der Waals surface area contributed by atoms with E-state index in [1.807, 2.05) is 78.9 Å². The predicted octanol–water partition coefficient (Wildman–Crippen LogP) is 3.66. The fraction of sp³-hybridized carbons (Fsp3) is 0.379. The smallest absolute Gasteiger partial charge is 0.370 e. The molecular weight excluding hydrogens is 1080 g/mol. The lowest BCUT2D eigenvalue weighted by molar-refractivity contribution is -0.145. The van der Waals surface area contributed by atoms with Gasteiger partial charge in [-0.3, -0.25) is 62.2 Å². The molecule has 5 atom stereocenters. The van der Waals surface area contributed by atoms with Gasteiger partial charge >= 0.3 is 13.3 Å². The number of nitrogens with zero attached hydrogens (tertiary/aromatic N) is 4. The first-order valence-corrected chi connectivity index (χ1v) is 29.0. The number of nitrogens with two attached hydrogens (primary N) is 1. The third-order valence-corrected chi connectivity index (χ3v) is 16.5. The first-order valence-electron chi connectivity index (χ1n) is 27.4. The summed E-state index contributed by atoms with van der Waals surface area (Å²) < 4.78 is 14.7. The molecule has 3 fully saturated rings. The number of aryl methyl sites for hydroxylation is 2. The van der Waals surface area contributed by atoms with Crippen LogP contribution in [0.3, 0.4) is 0 Å². The summed E-state index contributed by atoms with van der Waals surface area (Å²) in [5.74, 6) is -4.52. The molecular formula is C58H65N10O13P. The van der Waals surface area contributed by atoms with Crippen molar-refractivity contribution in [1.29, 1.82) is 0 Å². The second kappa shape index (κ2) is 25.1. The number of aromatic nitrogens is 3. The highest BCUT2D eigenvalue weighted by atomic mass is 31.2. The molecule has 23 nitrogen and oxygen atoms in total. The van der Waals surface area contributed by atoms with Gasteiger partial charge in [0.2, 0.25) is 41.4 Å². The van der Waals surface area contributed by atoms with Crippen molar-refractivity contribution >= 4 is 82.3 Å². The standard InChI is InChI=1S/C58H65N10O13P/c1-65-47-30-34(18-23-44(47)68(58(65)78)46-25-27-49(70)63-55(46)75)12-6-2-3-11-17-50(71)66-29-28-39-20-24-45(54(74)61-41(22-26-48(59)69)52(72)64-51(35-13-7-4-8-14-35)36-15-9-5-10-16-36)67(39)56(76)43(33-66)62-53(73)42-32-38-31-37(19-21-40(38)60-42)57(77)82(79,80)81/h4-5,7-10,13-16,18-19,21,23,30-32,39,41,43,45-46,51,60H,2-3,6,11-12,17,20,22,24-29,33H2,1H3,(H2,59,69)(H,61,74)(H,62,73)(H,64,72)(H,63,70,75)(H2,79,80,81)/t39-,41+,43+,45+,46?/m1/s1. The van der Waals surface area contributed by atoms with Crippen molar-refractivity contribution in [3.8, 4) is 0 Å². The third-order valence-electron chi connectivity index (χ3n) is 15.7. The number of piperidine rings is 1. The summed E-state index contributed by atoms with van der Waals surface area (Å²) in [7, 11) is -3.49. The molecule has 3 aliphatic rings. The van der Waals surface area contributed by atoms with E-state index in [1.165, 1.54) is 38.3 Å². The summed E-state index contributed by atoms with van der Waals surface area (Å²) >= 11 is 0. The summed E-state index contributed by atoms with van der Waals surface area (Å²) in [5, 5.41) is 11.2. The molecule has 6 aromatic rings. The lowest BCUT2D eigenvalue weighted by atomic mass is 9.98. The molecule has 3 aliphatic heterocycles. The van der Waals surface area contributed by atoms with E-state index in [9.17, 15) is 57.5 Å². The van der Waals surface area contributed by atoms with E-state index in [0.717, 1.165) is 29.5 Å². The maximum atomic E-state index is 15.0. The molecule has 9 rings (SSSR count). The van der Waals surface area contributed by atoms with Gasteiger partial charge in [0.1, 0.15) is 29.9 Å². The average Bonchev–Trinajstić information content (AvgIpc) is 3.56. The van der Waals surface area contributed by atoms with Crippen LogP contribution in [0, 0.1) is 0 Å². The Hall–Kier alpha value is -8.53. The number of hydrogen-bond acceptors (Lipinski definition) is 11. The van der Waals surface area contributed by atoms with Crippen LogP contribution in [0.1, 0.15) is 127 Å². The maximum Gasteiger partial charge on any atom is 0.396 e. The Bertz CT molecular complexity index is 3530. The van der Waals surface area contributed by atoms with Crippen LogP contribution in [0.5, 0.6) is 0 Å². The van der Waals surface area contributed by atoms with Crippen LogP contribution in [-0.2, 0) is 51.6 Å². The normalized spacial score (nSPS) is 18.9. The summed E-state index contributed by atoms with van der Waals surface area (Å²) in [4.78, 5) is 159. The van der Waals surface area contributed by atoms with Crippen molar-refractivity contribution < 1.29 is 57.5 Å². The maximum absolute atomic E-state index is 15.0. The Morgan fingerprint density at radius 2 is 1.49 bits per heavy atom. The van der Waals surface area contributed by atoms with E-state index in [4.69, 9.17) is 5.73 Å². The van der Waals surface area contributed by atoms with E-state index >= 15 is 4.79 Å². The minimum absolute atomic E-state index is 0.0713. The summed E-state index contributed by atoms with van der Waals surface area (Å²) in [6.07, 6.45) is 4.37. The van der Waals surface area contributed by atoms with E-state index < -0.39 is 84.8 Å². The monoisotopic (exact) mass is 1140 g/mol. The Kier molecular flexibility index (Phi) is 17.8. The molecule has 1 unspecified atom stereocenters. The predicted molar refractivity (Wildman–Crippen MR) is 299 cm³/mol. The molecule has 0 radical (unpaired) electrons. The number of unbranched alkanes of at least 4 members (excludes halogenated alkanes) is 3. The van der Waals surface area contributed by atoms with Gasteiger partial charge in [0.15, 0.2) is 0 Å². The van der Waals surface area contributed by atoms with E-state index in [1.54, 1.807) is 11.9 Å². The summed E-state index contributed by atoms with van der Waals surface area (Å²) in [5.41, 5.74) is 7.54. The van der Waals surface area contributed by atoms with E-state index in [2.05, 4.69) is 26.3 Å². The average molecular weight is 1140 g/mol. The van der Waals surface area contributed by atoms with Crippen molar-refractivity contribution in [1.82, 2.24) is 45.2 Å². The van der Waals surface area contributed by atoms with Crippen LogP contribution in [0.2, 0.25) is 0 Å². The number of imide groups is 1. The van der Waals surface area contributed by atoms with Crippen LogP contribution in [0.25, 0.3) is 21.9 Å². The molecule has 430 valence electrons. The number of primary amides is 1. The number of aromatic amines is 1. The zero-order valence-corrected chi connectivity index (χ0v) is 46.0. The Balaban J connectivity index is 0.885. The van der Waals surface area contributed by atoms with E-state index in [0.29, 0.717) is 48.7 Å². The topological polar surface area (TPSA) is 335 Å². The van der Waals surface area contributed by atoms with Crippen molar-refractivity contribution in [3.63, 3.8) is 0 Å². The Morgan fingerprint density at radius 3 is 2.17 bits per heavy atom. The van der Waals surface area contributed by atoms with Crippen LogP contribution < -0.4 is 32.7 Å². The molecule has 0 bridgehead atoms. The molecule has 4 aromatic carbocycles. The van der Waals surface area contributed by atoms with Gasteiger partial charge in [-0.15, -0.1) is 0 Å². The fourth-order valence-electron chi connectivity index (χ4n) is 11.4. The number of rotatable bonds is 21. The van der Waals surface area contributed by atoms with Crippen molar-refractivity contribution in [2.75, 3.05) is 13.1 Å². The van der Waals surface area contributed by atoms with Gasteiger partial charge in [0, 0.05) is 61.9 Å². The molecule has 8 amide bonds. The third kappa shape index (κ3) is 13.1. The first-order chi connectivity index (χ1) is 39.2. The zero-order valence-electron chi connectivity index (χ0n) is 45.1. The van der Waals surface area contributed by atoms with Crippen molar-refractivity contribution in [2.24, 2.45) is 12.8 Å². The van der Waals surface area contributed by atoms with Crippen LogP contribution in [-0.4, -0.2) is 124 Å². The molecule has 5 heterocycles. The number of hydrogen-bond donors (Lipinski definition) is 8. The van der Waals surface area contributed by atoms with Gasteiger partial charge in [-0.1, -0.05) is 79.6 Å². The van der Waals surface area contributed by atoms with E-state index in [-0.39, 0.29) is 85.8 Å². The second-order valence-electron chi connectivity index (χ2n) is 21.2. The van der Waals surface area contributed by atoms with Gasteiger partial charge < -0.3 is 46.3 Å². The van der Waals surface area contributed by atoms with Crippen LogP contribution in [0.4, 0.5) is 0 Å². The number of nitrogens with one attached hydrogen (secondary N) is 5. The van der Waals surface area contributed by atoms with Crippen molar-refractivity contribution in [2.45, 2.75) is 120 Å².